The quantitative estimate of drug-likeness (QED) is 0.576. The maximum Gasteiger partial charge on any atom is 0.264 e. The third-order valence-electron chi connectivity index (χ3n) is 3.69. The van der Waals surface area contributed by atoms with Crippen LogP contribution in [-0.2, 0) is 16.6 Å². The molecule has 0 N–H and O–H groups in total. The molecule has 2 aromatic carbocycles. The first-order valence-electron chi connectivity index (χ1n) is 7.57. The number of halogens is 2. The highest BCUT2D eigenvalue weighted by Crippen LogP contribution is 2.30. The van der Waals surface area contributed by atoms with Crippen molar-refractivity contribution in [1.29, 1.82) is 0 Å². The SMILES string of the molecule is COc1ccc(N(Cc2ccc(Cl)s2)S(=O)(=O)c2ccc(F)cc2)cc1. The number of rotatable bonds is 6. The van der Waals surface area contributed by atoms with Crippen LogP contribution < -0.4 is 9.04 Å². The third kappa shape index (κ3) is 4.00. The van der Waals surface area contributed by atoms with Crippen molar-refractivity contribution in [3.05, 3.63) is 75.7 Å². The van der Waals surface area contributed by atoms with Crippen LogP contribution in [0.3, 0.4) is 0 Å². The summed E-state index contributed by atoms with van der Waals surface area (Å²) in [6, 6.07) is 15.0. The lowest BCUT2D eigenvalue weighted by molar-refractivity contribution is 0.415. The highest BCUT2D eigenvalue weighted by Gasteiger charge is 2.26. The molecule has 136 valence electrons. The molecule has 26 heavy (non-hydrogen) atoms. The van der Waals surface area contributed by atoms with Gasteiger partial charge in [-0.25, -0.2) is 12.8 Å². The Labute approximate surface area is 160 Å². The number of hydrogen-bond acceptors (Lipinski definition) is 4. The van der Waals surface area contributed by atoms with Crippen LogP contribution in [0.25, 0.3) is 0 Å². The molecule has 0 aliphatic carbocycles. The van der Waals surface area contributed by atoms with Gasteiger partial charge in [-0.3, -0.25) is 4.31 Å². The summed E-state index contributed by atoms with van der Waals surface area (Å²) in [4.78, 5) is 0.800. The molecule has 0 aliphatic rings. The fourth-order valence-electron chi connectivity index (χ4n) is 2.38. The third-order valence-corrected chi connectivity index (χ3v) is 6.69. The first-order valence-corrected chi connectivity index (χ1v) is 10.2. The summed E-state index contributed by atoms with van der Waals surface area (Å²) >= 11 is 7.28. The Hall–Kier alpha value is -2.09. The van der Waals surface area contributed by atoms with Crippen LogP contribution in [0.15, 0.2) is 65.6 Å². The minimum atomic E-state index is -3.89. The van der Waals surface area contributed by atoms with Gasteiger partial charge in [0.1, 0.15) is 11.6 Å². The monoisotopic (exact) mass is 411 g/mol. The summed E-state index contributed by atoms with van der Waals surface area (Å²) in [6.07, 6.45) is 0. The zero-order chi connectivity index (χ0) is 18.7. The Balaban J connectivity index is 2.04. The van der Waals surface area contributed by atoms with Gasteiger partial charge in [0.15, 0.2) is 0 Å². The lowest BCUT2D eigenvalue weighted by Gasteiger charge is -2.24. The molecule has 4 nitrogen and oxygen atoms in total. The zero-order valence-electron chi connectivity index (χ0n) is 13.7. The first-order chi connectivity index (χ1) is 12.4. The van der Waals surface area contributed by atoms with E-state index in [1.54, 1.807) is 36.4 Å². The average molecular weight is 412 g/mol. The standard InChI is InChI=1S/C18H15ClFNO3S2/c1-24-15-6-4-14(5-7-15)21(12-16-8-11-18(19)25-16)26(22,23)17-9-2-13(20)3-10-17/h2-11H,12H2,1H3. The van der Waals surface area contributed by atoms with E-state index in [0.717, 1.165) is 17.0 Å². The minimum Gasteiger partial charge on any atom is -0.497 e. The van der Waals surface area contributed by atoms with Crippen molar-refractivity contribution >= 4 is 38.6 Å². The number of thiophene rings is 1. The number of sulfonamides is 1. The summed E-state index contributed by atoms with van der Waals surface area (Å²) in [5.74, 6) is 0.122. The number of benzene rings is 2. The van der Waals surface area contributed by atoms with Crippen molar-refractivity contribution in [2.75, 3.05) is 11.4 Å². The second-order valence-corrected chi connectivity index (χ2v) is 9.03. The normalized spacial score (nSPS) is 11.3. The van der Waals surface area contributed by atoms with Gasteiger partial charge in [-0.05, 0) is 60.7 Å². The van der Waals surface area contributed by atoms with Crippen LogP contribution in [0.2, 0.25) is 4.34 Å². The fraction of sp³-hybridized carbons (Fsp3) is 0.111. The summed E-state index contributed by atoms with van der Waals surface area (Å²) in [7, 11) is -2.35. The Morgan fingerprint density at radius 2 is 1.69 bits per heavy atom. The van der Waals surface area contributed by atoms with Gasteiger partial charge in [-0.1, -0.05) is 11.6 Å². The van der Waals surface area contributed by atoms with Crippen LogP contribution >= 0.6 is 22.9 Å². The summed E-state index contributed by atoms with van der Waals surface area (Å²) in [6.45, 7) is 0.115. The van der Waals surface area contributed by atoms with Gasteiger partial charge >= 0.3 is 0 Å². The molecule has 0 atom stereocenters. The predicted octanol–water partition coefficient (Wildman–Crippen LogP) is 4.94. The maximum absolute atomic E-state index is 13.2. The molecule has 0 unspecified atom stereocenters. The Kier molecular flexibility index (Phi) is 5.50. The summed E-state index contributed by atoms with van der Waals surface area (Å²) < 4.78 is 46.5. The number of ether oxygens (including phenoxy) is 1. The zero-order valence-corrected chi connectivity index (χ0v) is 16.1. The van der Waals surface area contributed by atoms with Crippen molar-refractivity contribution < 1.29 is 17.5 Å². The topological polar surface area (TPSA) is 46.6 Å². The number of nitrogens with zero attached hydrogens (tertiary/aromatic N) is 1. The van der Waals surface area contributed by atoms with Crippen molar-refractivity contribution in [3.8, 4) is 5.75 Å². The van der Waals surface area contributed by atoms with E-state index in [-0.39, 0.29) is 11.4 Å². The van der Waals surface area contributed by atoms with Crippen molar-refractivity contribution in [2.24, 2.45) is 0 Å². The van der Waals surface area contributed by atoms with Gasteiger partial charge in [0.05, 0.1) is 28.6 Å². The van der Waals surface area contributed by atoms with Gasteiger partial charge in [0.25, 0.3) is 10.0 Å². The van der Waals surface area contributed by atoms with Gasteiger partial charge in [0, 0.05) is 4.88 Å². The lowest BCUT2D eigenvalue weighted by atomic mass is 10.3. The average Bonchev–Trinajstić information content (AvgIpc) is 3.05. The van der Waals surface area contributed by atoms with Gasteiger partial charge < -0.3 is 4.74 Å². The Morgan fingerprint density at radius 1 is 1.04 bits per heavy atom. The summed E-state index contributed by atoms with van der Waals surface area (Å²) in [5, 5.41) is 0. The molecular weight excluding hydrogens is 397 g/mol. The molecule has 1 aromatic heterocycles. The van der Waals surface area contributed by atoms with Crippen LogP contribution in [0, 0.1) is 5.82 Å². The molecule has 8 heteroatoms. The second kappa shape index (κ2) is 7.65. The van der Waals surface area contributed by atoms with E-state index in [1.165, 1.54) is 34.9 Å². The van der Waals surface area contributed by atoms with E-state index >= 15 is 0 Å². The van der Waals surface area contributed by atoms with E-state index in [4.69, 9.17) is 16.3 Å². The first kappa shape index (κ1) is 18.7. The van der Waals surface area contributed by atoms with E-state index in [2.05, 4.69) is 0 Å². The minimum absolute atomic E-state index is 0.0115. The highest BCUT2D eigenvalue weighted by molar-refractivity contribution is 7.92. The van der Waals surface area contributed by atoms with E-state index < -0.39 is 15.8 Å². The van der Waals surface area contributed by atoms with Crippen LogP contribution in [0.5, 0.6) is 5.75 Å². The molecule has 0 bridgehead atoms. The Morgan fingerprint density at radius 3 is 2.23 bits per heavy atom. The molecule has 3 aromatic rings. The molecule has 0 saturated carbocycles. The number of anilines is 1. The molecule has 3 rings (SSSR count). The maximum atomic E-state index is 13.2. The van der Waals surface area contributed by atoms with Crippen LogP contribution in [0.4, 0.5) is 10.1 Å². The lowest BCUT2D eigenvalue weighted by Crippen LogP contribution is -2.30. The van der Waals surface area contributed by atoms with Crippen LogP contribution in [-0.4, -0.2) is 15.5 Å². The molecule has 0 amide bonds. The van der Waals surface area contributed by atoms with Gasteiger partial charge in [0.2, 0.25) is 0 Å². The highest BCUT2D eigenvalue weighted by atomic mass is 35.5. The smallest absolute Gasteiger partial charge is 0.264 e. The van der Waals surface area contributed by atoms with Crippen molar-refractivity contribution in [2.45, 2.75) is 11.4 Å². The van der Waals surface area contributed by atoms with Gasteiger partial charge in [-0.15, -0.1) is 11.3 Å². The van der Waals surface area contributed by atoms with Crippen molar-refractivity contribution in [3.63, 3.8) is 0 Å². The molecule has 0 radical (unpaired) electrons. The molecule has 0 aliphatic heterocycles. The fourth-order valence-corrected chi connectivity index (χ4v) is 4.98. The second-order valence-electron chi connectivity index (χ2n) is 5.37. The summed E-state index contributed by atoms with van der Waals surface area (Å²) in [5.41, 5.74) is 0.472. The molecule has 1 heterocycles. The molecule has 0 fully saturated rings. The molecule has 0 spiro atoms. The number of methoxy groups -OCH3 is 1. The van der Waals surface area contributed by atoms with E-state index in [1.807, 2.05) is 0 Å². The van der Waals surface area contributed by atoms with E-state index in [9.17, 15) is 12.8 Å². The predicted molar refractivity (Wildman–Crippen MR) is 102 cm³/mol. The van der Waals surface area contributed by atoms with Crippen LogP contribution in [0.1, 0.15) is 4.88 Å². The van der Waals surface area contributed by atoms with Crippen molar-refractivity contribution in [1.82, 2.24) is 0 Å². The van der Waals surface area contributed by atoms with Gasteiger partial charge in [-0.2, -0.15) is 0 Å². The molecule has 0 saturated heterocycles. The largest absolute Gasteiger partial charge is 0.497 e. The Bertz CT molecular complexity index is 986. The van der Waals surface area contributed by atoms with E-state index in [0.29, 0.717) is 15.8 Å². The number of hydrogen-bond donors (Lipinski definition) is 0. The molecular formula is C18H15ClFNO3S2.